The molecule has 0 N–H and O–H groups in total. The molecular weight excluding hydrogens is 1120 g/mol. The van der Waals surface area contributed by atoms with Crippen molar-refractivity contribution in [1.82, 2.24) is 0 Å². The molecule has 0 aliphatic carbocycles. The predicted octanol–water partition coefficient (Wildman–Crippen LogP) is 25.5. The highest BCUT2D eigenvalue weighted by molar-refractivity contribution is 6.32. The third kappa shape index (κ3) is 7.97. The molecule has 0 aliphatic heterocycles. The van der Waals surface area contributed by atoms with Gasteiger partial charge in [0.25, 0.3) is 0 Å². The molecule has 19 aromatic rings. The number of rotatable bonds is 9. The summed E-state index contributed by atoms with van der Waals surface area (Å²) in [5.41, 5.74) is 16.5. The number of fused-ring (bicyclic) bond motifs is 17. The molecular formula is C88H54N2O2. The number of anilines is 6. The lowest BCUT2D eigenvalue weighted by Gasteiger charge is -2.31. The van der Waals surface area contributed by atoms with Crippen LogP contribution in [0.2, 0.25) is 0 Å². The van der Waals surface area contributed by atoms with Crippen molar-refractivity contribution in [3.63, 3.8) is 0 Å². The van der Waals surface area contributed by atoms with Gasteiger partial charge in [0.2, 0.25) is 0 Å². The van der Waals surface area contributed by atoms with E-state index in [1.54, 1.807) is 0 Å². The van der Waals surface area contributed by atoms with Crippen LogP contribution in [-0.4, -0.2) is 0 Å². The summed E-state index contributed by atoms with van der Waals surface area (Å²) in [6.45, 7) is 0. The highest BCUT2D eigenvalue weighted by Gasteiger charge is 2.29. The fourth-order valence-corrected chi connectivity index (χ4v) is 15.1. The van der Waals surface area contributed by atoms with Gasteiger partial charge in [-0.2, -0.15) is 0 Å². The van der Waals surface area contributed by atoms with Gasteiger partial charge in [-0.25, -0.2) is 0 Å². The minimum absolute atomic E-state index is 0.834. The summed E-state index contributed by atoms with van der Waals surface area (Å²) in [6, 6.07) is 119. The maximum absolute atomic E-state index is 7.33. The normalized spacial score (nSPS) is 11.9. The van der Waals surface area contributed by atoms with E-state index in [1.807, 2.05) is 0 Å². The maximum atomic E-state index is 7.33. The Morgan fingerprint density at radius 3 is 1.21 bits per heavy atom. The van der Waals surface area contributed by atoms with Gasteiger partial charge in [0.15, 0.2) is 5.58 Å². The van der Waals surface area contributed by atoms with Gasteiger partial charge in [-0.3, -0.25) is 0 Å². The number of furan rings is 2. The molecule has 0 radical (unpaired) electrons. The molecule has 4 heteroatoms. The molecule has 0 saturated heterocycles. The Balaban J connectivity index is 0.865. The van der Waals surface area contributed by atoms with Gasteiger partial charge in [0, 0.05) is 60.5 Å². The Kier molecular flexibility index (Phi) is 11.6. The largest absolute Gasteiger partial charge is 0.456 e. The third-order valence-corrected chi connectivity index (χ3v) is 19.2. The zero-order valence-corrected chi connectivity index (χ0v) is 49.9. The summed E-state index contributed by atoms with van der Waals surface area (Å²) in [5, 5.41) is 20.5. The molecule has 92 heavy (non-hydrogen) atoms. The summed E-state index contributed by atoms with van der Waals surface area (Å²) < 4.78 is 14.3. The molecule has 0 unspecified atom stereocenters. The van der Waals surface area contributed by atoms with E-state index in [2.05, 4.69) is 337 Å². The van der Waals surface area contributed by atoms with E-state index < -0.39 is 0 Å². The van der Waals surface area contributed by atoms with E-state index >= 15 is 0 Å². The van der Waals surface area contributed by atoms with Crippen molar-refractivity contribution >= 4 is 153 Å². The second kappa shape index (κ2) is 20.7. The quantitative estimate of drug-likeness (QED) is 0.135. The Labute approximate surface area is 529 Å². The predicted molar refractivity (Wildman–Crippen MR) is 389 cm³/mol. The Bertz CT molecular complexity index is 6130. The van der Waals surface area contributed by atoms with E-state index in [1.165, 1.54) is 38.2 Å². The average molecular weight is 1170 g/mol. The van der Waals surface area contributed by atoms with Crippen LogP contribution in [0, 0.1) is 0 Å². The van der Waals surface area contributed by atoms with Crippen LogP contribution in [0.3, 0.4) is 0 Å². The Morgan fingerprint density at radius 2 is 0.630 bits per heavy atom. The van der Waals surface area contributed by atoms with Crippen molar-refractivity contribution in [1.29, 1.82) is 0 Å². The number of hydrogen-bond acceptors (Lipinski definition) is 4. The minimum Gasteiger partial charge on any atom is -0.456 e. The fourth-order valence-electron chi connectivity index (χ4n) is 15.1. The summed E-state index contributed by atoms with van der Waals surface area (Å²) >= 11 is 0. The van der Waals surface area contributed by atoms with Crippen molar-refractivity contribution in [2.45, 2.75) is 0 Å². The summed E-state index contributed by atoms with van der Waals surface area (Å²) in [4.78, 5) is 4.94. The minimum atomic E-state index is 0.834. The smallest absolute Gasteiger partial charge is 0.160 e. The molecule has 0 bridgehead atoms. The molecule has 4 nitrogen and oxygen atoms in total. The highest BCUT2D eigenvalue weighted by atomic mass is 16.3. The van der Waals surface area contributed by atoms with E-state index in [-0.39, 0.29) is 0 Å². The summed E-state index contributed by atoms with van der Waals surface area (Å²) in [6.07, 6.45) is 0. The zero-order valence-electron chi connectivity index (χ0n) is 49.9. The lowest BCUT2D eigenvalue weighted by molar-refractivity contribution is 0.669. The Hall–Kier alpha value is -12.2. The highest BCUT2D eigenvalue weighted by Crippen LogP contribution is 2.55. The van der Waals surface area contributed by atoms with Crippen molar-refractivity contribution in [3.05, 3.63) is 328 Å². The average Bonchev–Trinajstić information content (AvgIpc) is 1.52. The van der Waals surface area contributed by atoms with Gasteiger partial charge in [-0.1, -0.05) is 273 Å². The monoisotopic (exact) mass is 1170 g/mol. The molecule has 19 rings (SSSR count). The van der Waals surface area contributed by atoms with Crippen molar-refractivity contribution < 1.29 is 8.83 Å². The van der Waals surface area contributed by atoms with Crippen molar-refractivity contribution in [2.75, 3.05) is 9.80 Å². The standard InChI is InChI=1S/C88H54N2O2/c1-3-21-55(22-4-1)57-39-45-62(46-40-57)89(77-54-81-85(70-34-16-15-33-69(70)77)83-64-28-10-7-25-59(64)43-51-79(83)91-81)76-50-49-73(67-31-13-14-32-68(67)76)82-71-35-17-19-37-74(71)87(75-38-20-18-36-72(75)82)90(63-47-41-58(42-48-63)56-23-5-2-6-24-56)78-53-61-27-9-12-30-66(61)86-84-65-29-11-8-26-60(65)44-52-80(84)92-88(78)86/h1-54H. The van der Waals surface area contributed by atoms with Crippen LogP contribution in [0.5, 0.6) is 0 Å². The van der Waals surface area contributed by atoms with E-state index in [4.69, 9.17) is 8.83 Å². The van der Waals surface area contributed by atoms with E-state index in [0.717, 1.165) is 149 Å². The number of hydrogen-bond donors (Lipinski definition) is 0. The molecule has 0 atom stereocenters. The molecule has 2 aromatic heterocycles. The van der Waals surface area contributed by atoms with Gasteiger partial charge in [-0.15, -0.1) is 0 Å². The molecule has 0 saturated carbocycles. The zero-order chi connectivity index (χ0) is 60.4. The third-order valence-electron chi connectivity index (χ3n) is 19.2. The van der Waals surface area contributed by atoms with Crippen molar-refractivity contribution in [2.24, 2.45) is 0 Å². The SMILES string of the molecule is c1ccc(-c2ccc(N(c3ccc(-c4c5ccccc5c(N(c5ccc(-c6ccccc6)cc5)c5cc6ccccc6c6c5oc5ccc7ccccc7c56)c5ccccc45)c4ccccc34)c3cc4oc5ccc6ccccc6c5c4c4ccccc34)cc2)cc1. The first kappa shape index (κ1) is 51.8. The van der Waals surface area contributed by atoms with Gasteiger partial charge in [0.1, 0.15) is 16.7 Å². The number of nitrogens with zero attached hydrogens (tertiary/aromatic N) is 2. The van der Waals surface area contributed by atoms with E-state index in [0.29, 0.717) is 0 Å². The van der Waals surface area contributed by atoms with Crippen LogP contribution >= 0.6 is 0 Å². The second-order valence-electron chi connectivity index (χ2n) is 24.1. The van der Waals surface area contributed by atoms with Gasteiger partial charge in [-0.05, 0) is 136 Å². The Morgan fingerprint density at radius 1 is 0.217 bits per heavy atom. The summed E-state index contributed by atoms with van der Waals surface area (Å²) in [7, 11) is 0. The number of benzene rings is 17. The maximum Gasteiger partial charge on any atom is 0.160 e. The molecule has 17 aromatic carbocycles. The van der Waals surface area contributed by atoms with Crippen LogP contribution in [0.25, 0.3) is 153 Å². The van der Waals surface area contributed by atoms with Crippen LogP contribution in [-0.2, 0) is 0 Å². The van der Waals surface area contributed by atoms with Gasteiger partial charge < -0.3 is 18.6 Å². The molecule has 2 heterocycles. The molecule has 428 valence electrons. The topological polar surface area (TPSA) is 32.8 Å². The summed E-state index contributed by atoms with van der Waals surface area (Å²) in [5.74, 6) is 0. The fraction of sp³-hybridized carbons (Fsp3) is 0. The molecule has 0 fully saturated rings. The van der Waals surface area contributed by atoms with Gasteiger partial charge >= 0.3 is 0 Å². The van der Waals surface area contributed by atoms with E-state index in [9.17, 15) is 0 Å². The van der Waals surface area contributed by atoms with Crippen LogP contribution in [0.4, 0.5) is 34.1 Å². The van der Waals surface area contributed by atoms with Crippen molar-refractivity contribution in [3.8, 4) is 33.4 Å². The first-order valence-corrected chi connectivity index (χ1v) is 31.6. The van der Waals surface area contributed by atoms with Crippen LogP contribution in [0.1, 0.15) is 0 Å². The lowest BCUT2D eigenvalue weighted by Crippen LogP contribution is -2.12. The molecule has 0 amide bonds. The van der Waals surface area contributed by atoms with Crippen LogP contribution < -0.4 is 9.80 Å². The lowest BCUT2D eigenvalue weighted by atomic mass is 9.87. The first-order valence-electron chi connectivity index (χ1n) is 31.6. The van der Waals surface area contributed by atoms with Crippen LogP contribution in [0.15, 0.2) is 336 Å². The van der Waals surface area contributed by atoms with Gasteiger partial charge in [0.05, 0.1) is 22.7 Å². The first-order chi connectivity index (χ1) is 45.7. The second-order valence-corrected chi connectivity index (χ2v) is 24.1. The molecule has 0 spiro atoms. The molecule has 0 aliphatic rings.